The molecule has 1 heterocycles. The standard InChI is InChI=1S/C18H27NO3Si/c1-12(22-23(5,6)18(2,3)4)14-15(19-17(14)21)16(20)13-10-8-7-9-11-13/h7-12,14-15H,1-6H3,(H,19,21)/t12-,14+,15-/m0/s1. The summed E-state index contributed by atoms with van der Waals surface area (Å²) in [5, 5.41) is 2.81. The summed E-state index contributed by atoms with van der Waals surface area (Å²) in [6, 6.07) is 8.62. The number of rotatable bonds is 5. The number of Topliss-reactive ketones (excluding diaryl/α,β-unsaturated/α-hetero) is 1. The molecule has 0 aromatic heterocycles. The number of ketones is 1. The highest BCUT2D eigenvalue weighted by Gasteiger charge is 2.50. The number of amides is 1. The molecule has 1 aromatic rings. The average molecular weight is 334 g/mol. The topological polar surface area (TPSA) is 55.4 Å². The highest BCUT2D eigenvalue weighted by Crippen LogP contribution is 2.39. The fraction of sp³-hybridized carbons (Fsp3) is 0.556. The van der Waals surface area contributed by atoms with Gasteiger partial charge in [0.1, 0.15) is 6.04 Å². The lowest BCUT2D eigenvalue weighted by Crippen LogP contribution is -2.66. The Balaban J connectivity index is 2.12. The first kappa shape index (κ1) is 17.9. The van der Waals surface area contributed by atoms with Crippen LogP contribution in [0.5, 0.6) is 0 Å². The van der Waals surface area contributed by atoms with Crippen LogP contribution >= 0.6 is 0 Å². The second kappa shape index (κ2) is 6.21. The first-order chi connectivity index (χ1) is 10.5. The molecule has 3 atom stereocenters. The Bertz CT molecular complexity index is 592. The van der Waals surface area contributed by atoms with E-state index >= 15 is 0 Å². The molecule has 4 nitrogen and oxygen atoms in total. The van der Waals surface area contributed by atoms with E-state index in [0.29, 0.717) is 5.56 Å². The zero-order valence-corrected chi connectivity index (χ0v) is 15.8. The third-order valence-corrected chi connectivity index (χ3v) is 9.67. The van der Waals surface area contributed by atoms with E-state index in [2.05, 4.69) is 39.2 Å². The summed E-state index contributed by atoms with van der Waals surface area (Å²) in [5.74, 6) is -0.539. The maximum atomic E-state index is 12.6. The molecule has 0 aliphatic carbocycles. The maximum Gasteiger partial charge on any atom is 0.228 e. The van der Waals surface area contributed by atoms with Crippen LogP contribution in [-0.2, 0) is 9.22 Å². The number of benzene rings is 1. The molecule has 1 fully saturated rings. The van der Waals surface area contributed by atoms with E-state index in [-0.39, 0.29) is 22.8 Å². The summed E-state index contributed by atoms with van der Waals surface area (Å²) < 4.78 is 6.32. The van der Waals surface area contributed by atoms with Crippen LogP contribution in [0, 0.1) is 5.92 Å². The Labute approximate surface area is 139 Å². The largest absolute Gasteiger partial charge is 0.413 e. The molecule has 1 saturated heterocycles. The molecule has 2 rings (SSSR count). The minimum atomic E-state index is -1.98. The molecule has 1 aromatic carbocycles. The number of hydrogen-bond donors (Lipinski definition) is 1. The summed E-state index contributed by atoms with van der Waals surface area (Å²) in [4.78, 5) is 24.6. The van der Waals surface area contributed by atoms with Crippen LogP contribution in [0.2, 0.25) is 18.1 Å². The summed E-state index contributed by atoms with van der Waals surface area (Å²) in [7, 11) is -1.98. The predicted octanol–water partition coefficient (Wildman–Crippen LogP) is 3.39. The van der Waals surface area contributed by atoms with Crippen molar-refractivity contribution in [2.24, 2.45) is 5.92 Å². The van der Waals surface area contributed by atoms with E-state index in [0.717, 1.165) is 0 Å². The van der Waals surface area contributed by atoms with Crippen molar-refractivity contribution in [1.29, 1.82) is 0 Å². The third-order valence-electron chi connectivity index (χ3n) is 5.09. The third kappa shape index (κ3) is 3.56. The summed E-state index contributed by atoms with van der Waals surface area (Å²) in [5.41, 5.74) is 0.627. The average Bonchev–Trinajstić information content (AvgIpc) is 2.42. The quantitative estimate of drug-likeness (QED) is 0.510. The SMILES string of the molecule is C[C@H](O[Si](C)(C)C(C)(C)C)[C@H]1C(=O)N[C@@H]1C(=O)c1ccccc1. The van der Waals surface area contributed by atoms with E-state index in [1.54, 1.807) is 12.1 Å². The molecule has 1 aliphatic rings. The van der Waals surface area contributed by atoms with Crippen LogP contribution in [0.15, 0.2) is 30.3 Å². The van der Waals surface area contributed by atoms with Crippen LogP contribution in [0.4, 0.5) is 0 Å². The lowest BCUT2D eigenvalue weighted by atomic mass is 9.81. The molecule has 1 aliphatic heterocycles. The van der Waals surface area contributed by atoms with Crippen LogP contribution in [0.1, 0.15) is 38.1 Å². The van der Waals surface area contributed by atoms with Gasteiger partial charge in [0.05, 0.1) is 12.0 Å². The number of nitrogens with one attached hydrogen (secondary N) is 1. The molecule has 0 spiro atoms. The van der Waals surface area contributed by atoms with Gasteiger partial charge < -0.3 is 9.74 Å². The van der Waals surface area contributed by atoms with Gasteiger partial charge in [-0.1, -0.05) is 51.1 Å². The molecule has 1 N–H and O–H groups in total. The summed E-state index contributed by atoms with van der Waals surface area (Å²) >= 11 is 0. The van der Waals surface area contributed by atoms with Crippen LogP contribution in [0.3, 0.4) is 0 Å². The number of carbonyl (C=O) groups excluding carboxylic acids is 2. The van der Waals surface area contributed by atoms with Gasteiger partial charge in [-0.15, -0.1) is 0 Å². The van der Waals surface area contributed by atoms with Gasteiger partial charge in [-0.3, -0.25) is 9.59 Å². The second-order valence-electron chi connectivity index (χ2n) is 7.83. The number of carbonyl (C=O) groups is 2. The molecule has 126 valence electrons. The van der Waals surface area contributed by atoms with Gasteiger partial charge in [0.25, 0.3) is 0 Å². The lowest BCUT2D eigenvalue weighted by Gasteiger charge is -2.44. The molecule has 0 saturated carbocycles. The van der Waals surface area contributed by atoms with Crippen LogP contribution in [-0.4, -0.2) is 32.2 Å². The molecular formula is C18H27NO3Si. The van der Waals surface area contributed by atoms with Gasteiger partial charge in [0.15, 0.2) is 14.1 Å². The molecule has 23 heavy (non-hydrogen) atoms. The summed E-state index contributed by atoms with van der Waals surface area (Å²) in [6.45, 7) is 12.7. The highest BCUT2D eigenvalue weighted by atomic mass is 28.4. The lowest BCUT2D eigenvalue weighted by molar-refractivity contribution is -0.138. The van der Waals surface area contributed by atoms with Crippen molar-refractivity contribution >= 4 is 20.0 Å². The van der Waals surface area contributed by atoms with E-state index in [1.165, 1.54) is 0 Å². The zero-order chi connectivity index (χ0) is 17.4. The Kier molecular flexibility index (Phi) is 4.83. The van der Waals surface area contributed by atoms with Gasteiger partial charge in [-0.25, -0.2) is 0 Å². The molecule has 0 unspecified atom stereocenters. The normalized spacial score (nSPS) is 23.0. The minimum Gasteiger partial charge on any atom is -0.413 e. The smallest absolute Gasteiger partial charge is 0.228 e. The molecule has 0 radical (unpaired) electrons. The van der Waals surface area contributed by atoms with Crippen molar-refractivity contribution in [2.45, 2.75) is 58.0 Å². The van der Waals surface area contributed by atoms with Crippen molar-refractivity contribution in [3.05, 3.63) is 35.9 Å². The predicted molar refractivity (Wildman–Crippen MR) is 93.9 cm³/mol. The fourth-order valence-electron chi connectivity index (χ4n) is 2.60. The number of hydrogen-bond acceptors (Lipinski definition) is 3. The number of β-lactam (4-membered cyclic amide) rings is 1. The van der Waals surface area contributed by atoms with Gasteiger partial charge in [0, 0.05) is 5.56 Å². The van der Waals surface area contributed by atoms with Crippen LogP contribution < -0.4 is 5.32 Å². The van der Waals surface area contributed by atoms with Gasteiger partial charge in [0.2, 0.25) is 5.91 Å². The van der Waals surface area contributed by atoms with Gasteiger partial charge in [-0.2, -0.15) is 0 Å². The van der Waals surface area contributed by atoms with Crippen molar-refractivity contribution < 1.29 is 14.0 Å². The summed E-state index contributed by atoms with van der Waals surface area (Å²) in [6.07, 6.45) is -0.262. The Morgan fingerprint density at radius 2 is 1.78 bits per heavy atom. The van der Waals surface area contributed by atoms with Crippen LogP contribution in [0.25, 0.3) is 0 Å². The first-order valence-corrected chi connectivity index (χ1v) is 11.0. The van der Waals surface area contributed by atoms with Crippen molar-refractivity contribution in [3.8, 4) is 0 Å². The van der Waals surface area contributed by atoms with E-state index in [9.17, 15) is 9.59 Å². The highest BCUT2D eigenvalue weighted by molar-refractivity contribution is 6.74. The second-order valence-corrected chi connectivity index (χ2v) is 12.6. The van der Waals surface area contributed by atoms with Gasteiger partial charge in [-0.05, 0) is 25.1 Å². The Morgan fingerprint density at radius 3 is 2.26 bits per heavy atom. The van der Waals surface area contributed by atoms with Crippen molar-refractivity contribution in [2.75, 3.05) is 0 Å². The maximum absolute atomic E-state index is 12.6. The minimum absolute atomic E-state index is 0.0409. The van der Waals surface area contributed by atoms with E-state index in [4.69, 9.17) is 4.43 Å². The van der Waals surface area contributed by atoms with E-state index in [1.807, 2.05) is 25.1 Å². The fourth-order valence-corrected chi connectivity index (χ4v) is 4.03. The monoisotopic (exact) mass is 333 g/mol. The van der Waals surface area contributed by atoms with Gasteiger partial charge >= 0.3 is 0 Å². The molecule has 1 amide bonds. The molecule has 0 bridgehead atoms. The van der Waals surface area contributed by atoms with Crippen molar-refractivity contribution in [1.82, 2.24) is 5.32 Å². The molecule has 5 heteroatoms. The van der Waals surface area contributed by atoms with Crippen molar-refractivity contribution in [3.63, 3.8) is 0 Å². The van der Waals surface area contributed by atoms with E-state index < -0.39 is 20.3 Å². The molecular weight excluding hydrogens is 306 g/mol. The Morgan fingerprint density at radius 1 is 1.22 bits per heavy atom. The zero-order valence-electron chi connectivity index (χ0n) is 14.8. The first-order valence-electron chi connectivity index (χ1n) is 8.12. The Hall–Kier alpha value is -1.46.